The lowest BCUT2D eigenvalue weighted by Crippen LogP contribution is -2.09. The van der Waals surface area contributed by atoms with Crippen LogP contribution in [0.3, 0.4) is 0 Å². The second-order valence-corrected chi connectivity index (χ2v) is 2.95. The van der Waals surface area contributed by atoms with Crippen LogP contribution in [0, 0.1) is 0 Å². The maximum absolute atomic E-state index is 5.57. The predicted molar refractivity (Wildman–Crippen MR) is 51.6 cm³/mol. The van der Waals surface area contributed by atoms with E-state index >= 15 is 0 Å². The van der Waals surface area contributed by atoms with Crippen molar-refractivity contribution >= 4 is 11.1 Å². The van der Waals surface area contributed by atoms with Crippen LogP contribution in [0.25, 0.3) is 11.1 Å². The molecule has 0 spiro atoms. The summed E-state index contributed by atoms with van der Waals surface area (Å²) in [6, 6.07) is 5.81. The van der Waals surface area contributed by atoms with Crippen molar-refractivity contribution in [1.29, 1.82) is 0 Å². The van der Waals surface area contributed by atoms with Gasteiger partial charge in [-0.3, -0.25) is 4.98 Å². The smallest absolute Gasteiger partial charge is 0.152 e. The van der Waals surface area contributed by atoms with Crippen molar-refractivity contribution in [3.05, 3.63) is 30.2 Å². The fourth-order valence-corrected chi connectivity index (χ4v) is 1.29. The topological polar surface area (TPSA) is 38.1 Å². The van der Waals surface area contributed by atoms with Gasteiger partial charge in [0.1, 0.15) is 11.3 Å². The largest absolute Gasteiger partial charge is 0.459 e. The van der Waals surface area contributed by atoms with Crippen LogP contribution in [0.5, 0.6) is 0 Å². The molecule has 0 saturated carbocycles. The average molecular weight is 176 g/mol. The SMILES string of the molecule is CNCCc1cc2ncccc2o1. The molecular weight excluding hydrogens is 164 g/mol. The molecule has 0 radical (unpaired) electrons. The van der Waals surface area contributed by atoms with Gasteiger partial charge in [0.2, 0.25) is 0 Å². The van der Waals surface area contributed by atoms with Gasteiger partial charge in [0.15, 0.2) is 5.58 Å². The summed E-state index contributed by atoms with van der Waals surface area (Å²) in [6.07, 6.45) is 2.69. The van der Waals surface area contributed by atoms with Crippen LogP contribution in [-0.2, 0) is 6.42 Å². The van der Waals surface area contributed by atoms with Gasteiger partial charge in [0.25, 0.3) is 0 Å². The van der Waals surface area contributed by atoms with E-state index in [0.717, 1.165) is 29.8 Å². The molecule has 0 aromatic carbocycles. The van der Waals surface area contributed by atoms with Crippen molar-refractivity contribution in [2.24, 2.45) is 0 Å². The molecule has 13 heavy (non-hydrogen) atoms. The molecule has 3 heteroatoms. The molecule has 2 aromatic heterocycles. The Morgan fingerprint density at radius 2 is 2.46 bits per heavy atom. The molecule has 0 saturated heterocycles. The summed E-state index contributed by atoms with van der Waals surface area (Å²) < 4.78 is 5.57. The minimum absolute atomic E-state index is 0.869. The van der Waals surface area contributed by atoms with Gasteiger partial charge in [-0.15, -0.1) is 0 Å². The maximum atomic E-state index is 5.57. The van der Waals surface area contributed by atoms with Gasteiger partial charge in [-0.05, 0) is 19.2 Å². The Bertz CT molecular complexity index is 361. The Morgan fingerprint density at radius 3 is 3.23 bits per heavy atom. The van der Waals surface area contributed by atoms with Crippen molar-refractivity contribution in [2.45, 2.75) is 6.42 Å². The molecule has 0 aliphatic rings. The zero-order valence-corrected chi connectivity index (χ0v) is 7.58. The Hall–Kier alpha value is -1.35. The lowest BCUT2D eigenvalue weighted by atomic mass is 10.3. The molecule has 2 aromatic rings. The van der Waals surface area contributed by atoms with E-state index in [-0.39, 0.29) is 0 Å². The lowest BCUT2D eigenvalue weighted by molar-refractivity contribution is 0.541. The monoisotopic (exact) mass is 176 g/mol. The van der Waals surface area contributed by atoms with Crippen LogP contribution >= 0.6 is 0 Å². The number of fused-ring (bicyclic) bond motifs is 1. The highest BCUT2D eigenvalue weighted by molar-refractivity contribution is 5.72. The number of rotatable bonds is 3. The maximum Gasteiger partial charge on any atom is 0.152 e. The molecule has 0 aliphatic heterocycles. The molecule has 0 unspecified atom stereocenters. The molecule has 0 fully saturated rings. The Balaban J connectivity index is 2.28. The molecule has 2 heterocycles. The van der Waals surface area contributed by atoms with Crippen molar-refractivity contribution in [1.82, 2.24) is 10.3 Å². The number of furan rings is 1. The first-order chi connectivity index (χ1) is 6.40. The summed E-state index contributed by atoms with van der Waals surface area (Å²) in [5.41, 5.74) is 1.81. The Labute approximate surface area is 76.8 Å². The summed E-state index contributed by atoms with van der Waals surface area (Å²) in [6.45, 7) is 0.930. The van der Waals surface area contributed by atoms with E-state index < -0.39 is 0 Å². The zero-order chi connectivity index (χ0) is 9.10. The van der Waals surface area contributed by atoms with Gasteiger partial charge in [-0.2, -0.15) is 0 Å². The molecule has 0 bridgehead atoms. The van der Waals surface area contributed by atoms with Gasteiger partial charge in [0, 0.05) is 25.2 Å². The molecule has 1 N–H and O–H groups in total. The van der Waals surface area contributed by atoms with E-state index in [9.17, 15) is 0 Å². The summed E-state index contributed by atoms with van der Waals surface area (Å²) in [4.78, 5) is 4.20. The van der Waals surface area contributed by atoms with Crippen LogP contribution in [0.15, 0.2) is 28.8 Å². The first-order valence-corrected chi connectivity index (χ1v) is 4.38. The first-order valence-electron chi connectivity index (χ1n) is 4.38. The van der Waals surface area contributed by atoms with Crippen LogP contribution in [0.4, 0.5) is 0 Å². The highest BCUT2D eigenvalue weighted by Gasteiger charge is 2.02. The third-order valence-electron chi connectivity index (χ3n) is 1.96. The molecule has 2 rings (SSSR count). The van der Waals surface area contributed by atoms with Crippen LogP contribution < -0.4 is 5.32 Å². The number of nitrogens with one attached hydrogen (secondary N) is 1. The van der Waals surface area contributed by atoms with Crippen molar-refractivity contribution in [3.63, 3.8) is 0 Å². The molecule has 0 aliphatic carbocycles. The standard InChI is InChI=1S/C10H12N2O/c1-11-6-4-8-7-9-10(13-8)3-2-5-12-9/h2-3,5,7,11H,4,6H2,1H3. The third-order valence-corrected chi connectivity index (χ3v) is 1.96. The van der Waals surface area contributed by atoms with Crippen molar-refractivity contribution < 1.29 is 4.42 Å². The van der Waals surface area contributed by atoms with E-state index in [1.54, 1.807) is 6.20 Å². The first kappa shape index (κ1) is 8.26. The Morgan fingerprint density at radius 1 is 1.54 bits per heavy atom. The average Bonchev–Trinajstić information content (AvgIpc) is 2.57. The zero-order valence-electron chi connectivity index (χ0n) is 7.58. The molecule has 0 amide bonds. The normalized spacial score (nSPS) is 10.8. The predicted octanol–water partition coefficient (Wildman–Crippen LogP) is 1.59. The lowest BCUT2D eigenvalue weighted by Gasteiger charge is -1.92. The minimum Gasteiger partial charge on any atom is -0.459 e. The van der Waals surface area contributed by atoms with E-state index in [2.05, 4.69) is 10.3 Å². The number of likely N-dealkylation sites (N-methyl/N-ethyl adjacent to an activating group) is 1. The van der Waals surface area contributed by atoms with Gasteiger partial charge in [0.05, 0.1) is 0 Å². The fraction of sp³-hybridized carbons (Fsp3) is 0.300. The van der Waals surface area contributed by atoms with Crippen molar-refractivity contribution in [2.75, 3.05) is 13.6 Å². The van der Waals surface area contributed by atoms with Gasteiger partial charge < -0.3 is 9.73 Å². The van der Waals surface area contributed by atoms with Crippen LogP contribution in [0.2, 0.25) is 0 Å². The van der Waals surface area contributed by atoms with Gasteiger partial charge in [-0.25, -0.2) is 0 Å². The summed E-state index contributed by atoms with van der Waals surface area (Å²) in [5, 5.41) is 3.08. The molecule has 0 atom stereocenters. The van der Waals surface area contributed by atoms with Crippen LogP contribution in [0.1, 0.15) is 5.76 Å². The Kier molecular flexibility index (Phi) is 2.27. The summed E-state index contributed by atoms with van der Waals surface area (Å²) in [7, 11) is 1.93. The van der Waals surface area contributed by atoms with Crippen molar-refractivity contribution in [3.8, 4) is 0 Å². The van der Waals surface area contributed by atoms with Gasteiger partial charge in [-0.1, -0.05) is 0 Å². The molecule has 68 valence electrons. The fourth-order valence-electron chi connectivity index (χ4n) is 1.29. The number of hydrogen-bond acceptors (Lipinski definition) is 3. The second kappa shape index (κ2) is 3.58. The highest BCUT2D eigenvalue weighted by atomic mass is 16.3. The van der Waals surface area contributed by atoms with Crippen LogP contribution in [-0.4, -0.2) is 18.6 Å². The van der Waals surface area contributed by atoms with E-state index in [0.29, 0.717) is 0 Å². The van der Waals surface area contributed by atoms with Gasteiger partial charge >= 0.3 is 0 Å². The number of pyridine rings is 1. The third kappa shape index (κ3) is 1.70. The number of nitrogens with zero attached hydrogens (tertiary/aromatic N) is 1. The summed E-state index contributed by atoms with van der Waals surface area (Å²) >= 11 is 0. The van der Waals surface area contributed by atoms with E-state index in [4.69, 9.17) is 4.42 Å². The second-order valence-electron chi connectivity index (χ2n) is 2.95. The molecule has 3 nitrogen and oxygen atoms in total. The summed E-state index contributed by atoms with van der Waals surface area (Å²) in [5.74, 6) is 0.989. The number of aromatic nitrogens is 1. The molecular formula is C10H12N2O. The van der Waals surface area contributed by atoms with E-state index in [1.165, 1.54) is 0 Å². The van der Waals surface area contributed by atoms with E-state index in [1.807, 2.05) is 25.2 Å². The quantitative estimate of drug-likeness (QED) is 0.771. The number of hydrogen-bond donors (Lipinski definition) is 1. The highest BCUT2D eigenvalue weighted by Crippen LogP contribution is 2.16. The minimum atomic E-state index is 0.869.